The van der Waals surface area contributed by atoms with E-state index in [9.17, 15) is 14.4 Å². The van der Waals surface area contributed by atoms with E-state index in [4.69, 9.17) is 0 Å². The van der Waals surface area contributed by atoms with Crippen molar-refractivity contribution in [3.63, 3.8) is 0 Å². The molecule has 0 radical (unpaired) electrons. The SMILES string of the molecule is Cc1ccc(CN2CCC[C@]3(N[C@H](c4ccc(C)cc4)[C@@H]4C(=O)N(Cc5ccccc5)C(=O)[C@@H]43)C2=O)cc1. The molecule has 6 rings (SSSR count). The van der Waals surface area contributed by atoms with Gasteiger partial charge in [0.2, 0.25) is 17.7 Å². The van der Waals surface area contributed by atoms with Crippen LogP contribution in [0.25, 0.3) is 0 Å². The first-order chi connectivity index (χ1) is 18.4. The maximum absolute atomic E-state index is 14.3. The van der Waals surface area contributed by atoms with Crippen LogP contribution in [0.4, 0.5) is 0 Å². The molecule has 3 amide bonds. The van der Waals surface area contributed by atoms with Crippen LogP contribution < -0.4 is 5.32 Å². The van der Waals surface area contributed by atoms with Gasteiger partial charge < -0.3 is 4.90 Å². The van der Waals surface area contributed by atoms with Gasteiger partial charge >= 0.3 is 0 Å². The Bertz CT molecular complexity index is 1370. The van der Waals surface area contributed by atoms with Crippen molar-refractivity contribution in [3.05, 3.63) is 107 Å². The fraction of sp³-hybridized carbons (Fsp3) is 0.344. The Morgan fingerprint density at radius 2 is 1.42 bits per heavy atom. The number of hydrogen-bond acceptors (Lipinski definition) is 4. The van der Waals surface area contributed by atoms with Crippen molar-refractivity contribution in [2.75, 3.05) is 6.54 Å². The molecule has 1 spiro atoms. The number of imide groups is 1. The lowest BCUT2D eigenvalue weighted by Gasteiger charge is -2.42. The molecule has 6 heteroatoms. The lowest BCUT2D eigenvalue weighted by molar-refractivity contribution is -0.150. The Labute approximate surface area is 223 Å². The number of carbonyl (C=O) groups excluding carboxylic acids is 3. The number of aryl methyl sites for hydroxylation is 2. The van der Waals surface area contributed by atoms with Crippen LogP contribution in [0.5, 0.6) is 0 Å². The zero-order valence-electron chi connectivity index (χ0n) is 21.9. The molecule has 0 aliphatic carbocycles. The molecule has 0 unspecified atom stereocenters. The van der Waals surface area contributed by atoms with Gasteiger partial charge in [0.05, 0.1) is 18.4 Å². The summed E-state index contributed by atoms with van der Waals surface area (Å²) in [6, 6.07) is 25.5. The Balaban J connectivity index is 1.38. The second-order valence-corrected chi connectivity index (χ2v) is 11.1. The van der Waals surface area contributed by atoms with E-state index >= 15 is 0 Å². The topological polar surface area (TPSA) is 69.7 Å². The summed E-state index contributed by atoms with van der Waals surface area (Å²) in [5.74, 6) is -1.84. The lowest BCUT2D eigenvalue weighted by Crippen LogP contribution is -2.63. The number of carbonyl (C=O) groups is 3. The minimum absolute atomic E-state index is 0.0725. The van der Waals surface area contributed by atoms with Gasteiger partial charge in [-0.3, -0.25) is 24.6 Å². The molecular formula is C32H33N3O3. The summed E-state index contributed by atoms with van der Waals surface area (Å²) in [4.78, 5) is 45.5. The zero-order valence-corrected chi connectivity index (χ0v) is 21.9. The monoisotopic (exact) mass is 507 g/mol. The Morgan fingerprint density at radius 1 is 0.789 bits per heavy atom. The summed E-state index contributed by atoms with van der Waals surface area (Å²) >= 11 is 0. The Kier molecular flexibility index (Phi) is 6.15. The molecule has 0 saturated carbocycles. The third kappa shape index (κ3) is 4.04. The first-order valence-corrected chi connectivity index (χ1v) is 13.5. The average molecular weight is 508 g/mol. The van der Waals surface area contributed by atoms with Crippen LogP contribution in [0.3, 0.4) is 0 Å². The minimum atomic E-state index is -1.10. The highest BCUT2D eigenvalue weighted by Gasteiger charge is 2.68. The van der Waals surface area contributed by atoms with Crippen LogP contribution in [-0.2, 0) is 27.5 Å². The standard InChI is InChI=1S/C32H33N3O3/c1-21-9-13-24(14-10-21)19-34-18-6-17-32(31(34)38)27-26(28(33-32)25-15-11-22(2)12-16-25)29(36)35(30(27)37)20-23-7-4-3-5-8-23/h3-5,7-16,26-28,33H,6,17-20H2,1-2H3/t26-,27-,28-,32-/m1/s1. The molecule has 38 heavy (non-hydrogen) atoms. The fourth-order valence-electron chi connectivity index (χ4n) is 6.57. The highest BCUT2D eigenvalue weighted by molar-refractivity contribution is 6.10. The lowest BCUT2D eigenvalue weighted by atomic mass is 9.74. The first-order valence-electron chi connectivity index (χ1n) is 13.5. The van der Waals surface area contributed by atoms with Gasteiger partial charge in [-0.1, -0.05) is 90.0 Å². The van der Waals surface area contributed by atoms with Crippen LogP contribution in [0.2, 0.25) is 0 Å². The highest BCUT2D eigenvalue weighted by Crippen LogP contribution is 2.52. The van der Waals surface area contributed by atoms with Gasteiger partial charge in [0, 0.05) is 19.1 Å². The van der Waals surface area contributed by atoms with Crippen molar-refractivity contribution in [1.82, 2.24) is 15.1 Å². The van der Waals surface area contributed by atoms with Gasteiger partial charge in [-0.15, -0.1) is 0 Å². The second kappa shape index (κ2) is 9.52. The fourth-order valence-corrected chi connectivity index (χ4v) is 6.57. The number of benzene rings is 3. The van der Waals surface area contributed by atoms with Crippen molar-refractivity contribution < 1.29 is 14.4 Å². The van der Waals surface area contributed by atoms with Crippen LogP contribution in [0, 0.1) is 25.7 Å². The van der Waals surface area contributed by atoms with Gasteiger partial charge in [0.1, 0.15) is 5.54 Å². The second-order valence-electron chi connectivity index (χ2n) is 11.1. The molecule has 4 atom stereocenters. The predicted molar refractivity (Wildman–Crippen MR) is 145 cm³/mol. The molecule has 194 valence electrons. The zero-order chi connectivity index (χ0) is 26.4. The summed E-state index contributed by atoms with van der Waals surface area (Å²) < 4.78 is 0. The first kappa shape index (κ1) is 24.6. The molecular weight excluding hydrogens is 474 g/mol. The van der Waals surface area contributed by atoms with E-state index in [0.29, 0.717) is 19.5 Å². The van der Waals surface area contributed by atoms with Crippen molar-refractivity contribution >= 4 is 17.7 Å². The summed E-state index contributed by atoms with van der Waals surface area (Å²) in [7, 11) is 0. The molecule has 0 bridgehead atoms. The summed E-state index contributed by atoms with van der Waals surface area (Å²) in [5, 5.41) is 3.60. The van der Waals surface area contributed by atoms with E-state index in [0.717, 1.165) is 28.7 Å². The maximum atomic E-state index is 14.3. The minimum Gasteiger partial charge on any atom is -0.337 e. The molecule has 0 aromatic heterocycles. The molecule has 3 aliphatic heterocycles. The van der Waals surface area contributed by atoms with E-state index in [1.807, 2.05) is 73.3 Å². The van der Waals surface area contributed by atoms with Crippen molar-refractivity contribution in [1.29, 1.82) is 0 Å². The number of hydrogen-bond donors (Lipinski definition) is 1. The van der Waals surface area contributed by atoms with E-state index < -0.39 is 23.4 Å². The highest BCUT2D eigenvalue weighted by atomic mass is 16.2. The number of fused-ring (bicyclic) bond motifs is 2. The Hall–Kier alpha value is -3.77. The number of likely N-dealkylation sites (tertiary alicyclic amines) is 2. The molecule has 3 aromatic carbocycles. The Morgan fingerprint density at radius 3 is 2.11 bits per heavy atom. The number of amides is 3. The van der Waals surface area contributed by atoms with Gasteiger partial charge in [-0.05, 0) is 43.4 Å². The third-order valence-corrected chi connectivity index (χ3v) is 8.53. The van der Waals surface area contributed by atoms with Crippen LogP contribution in [0.15, 0.2) is 78.9 Å². The number of nitrogens with one attached hydrogen (secondary N) is 1. The summed E-state index contributed by atoms with van der Waals surface area (Å²) in [5.41, 5.74) is 4.10. The molecule has 1 N–H and O–H groups in total. The number of piperidine rings is 1. The van der Waals surface area contributed by atoms with Gasteiger partial charge in [0.15, 0.2) is 0 Å². The van der Waals surface area contributed by atoms with Gasteiger partial charge in [-0.2, -0.15) is 0 Å². The van der Waals surface area contributed by atoms with E-state index in [1.165, 1.54) is 10.5 Å². The van der Waals surface area contributed by atoms with Crippen molar-refractivity contribution in [3.8, 4) is 0 Å². The van der Waals surface area contributed by atoms with Crippen LogP contribution in [-0.4, -0.2) is 39.6 Å². The molecule has 3 heterocycles. The molecule has 3 fully saturated rings. The van der Waals surface area contributed by atoms with E-state index in [2.05, 4.69) is 29.6 Å². The number of rotatable bonds is 5. The largest absolute Gasteiger partial charge is 0.337 e. The third-order valence-electron chi connectivity index (χ3n) is 8.53. The van der Waals surface area contributed by atoms with E-state index in [1.54, 1.807) is 0 Å². The normalized spacial score (nSPS) is 26.9. The predicted octanol–water partition coefficient (Wildman–Crippen LogP) is 4.31. The quantitative estimate of drug-likeness (QED) is 0.523. The molecule has 3 aliphatic rings. The van der Waals surface area contributed by atoms with E-state index in [-0.39, 0.29) is 24.3 Å². The van der Waals surface area contributed by atoms with Crippen molar-refractivity contribution in [2.45, 2.75) is 51.4 Å². The number of nitrogens with zero attached hydrogens (tertiary/aromatic N) is 2. The van der Waals surface area contributed by atoms with Crippen LogP contribution in [0.1, 0.15) is 46.7 Å². The summed E-state index contributed by atoms with van der Waals surface area (Å²) in [6.07, 6.45) is 1.31. The average Bonchev–Trinajstić information content (AvgIpc) is 3.39. The van der Waals surface area contributed by atoms with Crippen LogP contribution >= 0.6 is 0 Å². The smallest absolute Gasteiger partial charge is 0.244 e. The van der Waals surface area contributed by atoms with Gasteiger partial charge in [-0.25, -0.2) is 0 Å². The van der Waals surface area contributed by atoms with Crippen molar-refractivity contribution in [2.24, 2.45) is 11.8 Å². The molecule has 3 saturated heterocycles. The molecule has 6 nitrogen and oxygen atoms in total. The maximum Gasteiger partial charge on any atom is 0.244 e. The molecule has 3 aromatic rings. The van der Waals surface area contributed by atoms with Gasteiger partial charge in [0.25, 0.3) is 0 Å². The summed E-state index contributed by atoms with van der Waals surface area (Å²) in [6.45, 7) is 5.42.